The summed E-state index contributed by atoms with van der Waals surface area (Å²) >= 11 is 3.57. The molecule has 1 N–H and O–H groups in total. The van der Waals surface area contributed by atoms with E-state index in [1.165, 1.54) is 35.3 Å². The highest BCUT2D eigenvalue weighted by molar-refractivity contribution is 8.04. The van der Waals surface area contributed by atoms with Crippen LogP contribution in [0.1, 0.15) is 36.8 Å². The molecule has 1 aromatic carbocycles. The third-order valence-corrected chi connectivity index (χ3v) is 6.82. The molecule has 0 saturated heterocycles. The van der Waals surface area contributed by atoms with E-state index in [1.54, 1.807) is 11.8 Å². The van der Waals surface area contributed by atoms with Crippen molar-refractivity contribution in [1.29, 1.82) is 0 Å². The topological polar surface area (TPSA) is 37.3 Å². The zero-order valence-corrected chi connectivity index (χ0v) is 13.7. The van der Waals surface area contributed by atoms with E-state index in [0.717, 1.165) is 6.42 Å². The van der Waals surface area contributed by atoms with Gasteiger partial charge in [0.2, 0.25) is 0 Å². The molecule has 0 unspecified atom stereocenters. The van der Waals surface area contributed by atoms with Crippen molar-refractivity contribution in [1.82, 2.24) is 0 Å². The number of carboxylic acid groups (broad SMARTS) is 1. The normalized spacial score (nSPS) is 22.7. The number of aliphatic carboxylic acids is 1. The Kier molecular flexibility index (Phi) is 5.85. The first-order valence-corrected chi connectivity index (χ1v) is 9.06. The molecule has 1 aliphatic rings. The standard InChI is InChI=1S/C16H22O2S2/c1-11-7-8-12(2)15(9-11)20-14-6-4-3-5-13(14)19-10-16(17)18/h7-9,13-14H,3-6,10H2,1-2H3,(H,17,18)/t13-,14-/m1/s1. The predicted molar refractivity (Wildman–Crippen MR) is 87.9 cm³/mol. The van der Waals surface area contributed by atoms with Crippen molar-refractivity contribution in [2.45, 2.75) is 54.9 Å². The quantitative estimate of drug-likeness (QED) is 0.867. The lowest BCUT2D eigenvalue weighted by atomic mass is 10.00. The van der Waals surface area contributed by atoms with Gasteiger partial charge in [0.05, 0.1) is 5.75 Å². The van der Waals surface area contributed by atoms with Gasteiger partial charge in [0.25, 0.3) is 0 Å². The highest BCUT2D eigenvalue weighted by atomic mass is 32.2. The Bertz CT molecular complexity index is 474. The maximum atomic E-state index is 10.8. The number of carboxylic acids is 1. The monoisotopic (exact) mass is 310 g/mol. The number of thioether (sulfide) groups is 2. The molecule has 0 amide bonds. The van der Waals surface area contributed by atoms with Gasteiger partial charge in [-0.3, -0.25) is 4.79 Å². The fourth-order valence-electron chi connectivity index (χ4n) is 2.56. The summed E-state index contributed by atoms with van der Waals surface area (Å²) in [5, 5.41) is 9.90. The molecule has 2 atom stereocenters. The zero-order valence-electron chi connectivity index (χ0n) is 12.1. The van der Waals surface area contributed by atoms with Gasteiger partial charge in [0, 0.05) is 15.4 Å². The van der Waals surface area contributed by atoms with Crippen LogP contribution in [0.3, 0.4) is 0 Å². The number of carbonyl (C=O) groups is 1. The lowest BCUT2D eigenvalue weighted by Gasteiger charge is -2.30. The van der Waals surface area contributed by atoms with Gasteiger partial charge in [-0.15, -0.1) is 23.5 Å². The van der Waals surface area contributed by atoms with Crippen LogP contribution in [0.25, 0.3) is 0 Å². The molecule has 1 aromatic rings. The van der Waals surface area contributed by atoms with Crippen molar-refractivity contribution in [2.75, 3.05) is 5.75 Å². The van der Waals surface area contributed by atoms with Crippen LogP contribution in [0.15, 0.2) is 23.1 Å². The van der Waals surface area contributed by atoms with Gasteiger partial charge in [-0.1, -0.05) is 30.5 Å². The molecule has 1 fully saturated rings. The van der Waals surface area contributed by atoms with Crippen LogP contribution in [-0.4, -0.2) is 27.3 Å². The summed E-state index contributed by atoms with van der Waals surface area (Å²) in [5.74, 6) is -0.467. The molecule has 0 aliphatic heterocycles. The average molecular weight is 310 g/mol. The van der Waals surface area contributed by atoms with E-state index in [4.69, 9.17) is 5.11 Å². The molecule has 2 nitrogen and oxygen atoms in total. The van der Waals surface area contributed by atoms with Crippen LogP contribution < -0.4 is 0 Å². The first-order valence-electron chi connectivity index (χ1n) is 7.13. The summed E-state index contributed by atoms with van der Waals surface area (Å²) in [6.45, 7) is 4.28. The highest BCUT2D eigenvalue weighted by Gasteiger charge is 2.27. The van der Waals surface area contributed by atoms with Crippen molar-refractivity contribution in [3.63, 3.8) is 0 Å². The van der Waals surface area contributed by atoms with Crippen molar-refractivity contribution in [2.24, 2.45) is 0 Å². The van der Waals surface area contributed by atoms with E-state index < -0.39 is 5.97 Å². The van der Waals surface area contributed by atoms with Crippen LogP contribution in [0.5, 0.6) is 0 Å². The molecule has 0 aromatic heterocycles. The molecular weight excluding hydrogens is 288 g/mol. The Morgan fingerprint density at radius 2 is 1.95 bits per heavy atom. The second-order valence-electron chi connectivity index (χ2n) is 5.45. The Balaban J connectivity index is 2.04. The van der Waals surface area contributed by atoms with Crippen LogP contribution >= 0.6 is 23.5 Å². The Morgan fingerprint density at radius 3 is 2.65 bits per heavy atom. The van der Waals surface area contributed by atoms with Crippen LogP contribution in [0.2, 0.25) is 0 Å². The fourth-order valence-corrected chi connectivity index (χ4v) is 5.41. The minimum Gasteiger partial charge on any atom is -0.481 e. The molecule has 0 spiro atoms. The SMILES string of the molecule is Cc1ccc(C)c(S[C@@H]2CCCC[C@H]2SCC(=O)O)c1. The number of hydrogen-bond donors (Lipinski definition) is 1. The molecule has 0 bridgehead atoms. The predicted octanol–water partition coefficient (Wildman–Crippen LogP) is 4.52. The number of hydrogen-bond acceptors (Lipinski definition) is 3. The first kappa shape index (κ1) is 15.8. The molecule has 1 aliphatic carbocycles. The Hall–Kier alpha value is -0.610. The number of benzene rings is 1. The highest BCUT2D eigenvalue weighted by Crippen LogP contribution is 2.40. The fraction of sp³-hybridized carbons (Fsp3) is 0.562. The van der Waals surface area contributed by atoms with Crippen molar-refractivity contribution in [3.8, 4) is 0 Å². The molecule has 20 heavy (non-hydrogen) atoms. The molecule has 2 rings (SSSR count). The van der Waals surface area contributed by atoms with E-state index in [1.807, 2.05) is 11.8 Å². The maximum Gasteiger partial charge on any atom is 0.313 e. The molecule has 4 heteroatoms. The van der Waals surface area contributed by atoms with E-state index in [9.17, 15) is 4.79 Å². The number of aryl methyl sites for hydroxylation is 2. The smallest absolute Gasteiger partial charge is 0.313 e. The largest absolute Gasteiger partial charge is 0.481 e. The van der Waals surface area contributed by atoms with E-state index in [-0.39, 0.29) is 5.75 Å². The first-order chi connectivity index (χ1) is 9.56. The zero-order chi connectivity index (χ0) is 14.5. The summed E-state index contributed by atoms with van der Waals surface area (Å²) in [5.41, 5.74) is 2.62. The van der Waals surface area contributed by atoms with Crippen LogP contribution in [0, 0.1) is 13.8 Å². The van der Waals surface area contributed by atoms with Gasteiger partial charge >= 0.3 is 5.97 Å². The minimum absolute atomic E-state index is 0.231. The van der Waals surface area contributed by atoms with E-state index in [2.05, 4.69) is 32.0 Å². The summed E-state index contributed by atoms with van der Waals surface area (Å²) in [6, 6.07) is 6.59. The van der Waals surface area contributed by atoms with Gasteiger partial charge in [-0.05, 0) is 38.3 Å². The van der Waals surface area contributed by atoms with Gasteiger partial charge in [0.15, 0.2) is 0 Å². The lowest BCUT2D eigenvalue weighted by Crippen LogP contribution is -2.25. The second-order valence-corrected chi connectivity index (χ2v) is 7.96. The summed E-state index contributed by atoms with van der Waals surface area (Å²) in [6.07, 6.45) is 4.86. The van der Waals surface area contributed by atoms with Crippen molar-refractivity contribution < 1.29 is 9.90 Å². The third-order valence-electron chi connectivity index (χ3n) is 3.68. The third kappa shape index (κ3) is 4.45. The summed E-state index contributed by atoms with van der Waals surface area (Å²) in [7, 11) is 0. The molecule has 1 saturated carbocycles. The summed E-state index contributed by atoms with van der Waals surface area (Å²) in [4.78, 5) is 12.1. The molecule has 110 valence electrons. The molecule has 0 heterocycles. The van der Waals surface area contributed by atoms with Gasteiger partial charge in [-0.2, -0.15) is 0 Å². The Morgan fingerprint density at radius 1 is 1.25 bits per heavy atom. The lowest BCUT2D eigenvalue weighted by molar-refractivity contribution is -0.133. The minimum atomic E-state index is -0.698. The van der Waals surface area contributed by atoms with E-state index in [0.29, 0.717) is 10.5 Å². The van der Waals surface area contributed by atoms with Crippen LogP contribution in [-0.2, 0) is 4.79 Å². The van der Waals surface area contributed by atoms with Gasteiger partial charge in [0.1, 0.15) is 0 Å². The average Bonchev–Trinajstić information content (AvgIpc) is 2.42. The van der Waals surface area contributed by atoms with Crippen LogP contribution in [0.4, 0.5) is 0 Å². The summed E-state index contributed by atoms with van der Waals surface area (Å²) < 4.78 is 0. The maximum absolute atomic E-state index is 10.8. The molecule has 0 radical (unpaired) electrons. The van der Waals surface area contributed by atoms with Crippen molar-refractivity contribution in [3.05, 3.63) is 29.3 Å². The molecular formula is C16H22O2S2. The van der Waals surface area contributed by atoms with Gasteiger partial charge < -0.3 is 5.11 Å². The van der Waals surface area contributed by atoms with Gasteiger partial charge in [-0.25, -0.2) is 0 Å². The Labute approximate surface area is 129 Å². The second kappa shape index (κ2) is 7.41. The van der Waals surface area contributed by atoms with E-state index >= 15 is 0 Å². The van der Waals surface area contributed by atoms with Crippen molar-refractivity contribution >= 4 is 29.5 Å². The number of rotatable bonds is 5.